The fraction of sp³-hybridized carbons (Fsp3) is 0.533. The second-order valence-electron chi connectivity index (χ2n) is 4.36. The number of nitrogens with zero attached hydrogens (tertiary/aromatic N) is 1. The average Bonchev–Trinajstić information content (AvgIpc) is 2.40. The van der Waals surface area contributed by atoms with Crippen molar-refractivity contribution in [2.75, 3.05) is 20.2 Å². The van der Waals surface area contributed by atoms with Crippen molar-refractivity contribution >= 4 is 5.91 Å². The van der Waals surface area contributed by atoms with E-state index >= 15 is 0 Å². The van der Waals surface area contributed by atoms with E-state index in [-0.39, 0.29) is 5.91 Å². The van der Waals surface area contributed by atoms with Crippen LogP contribution >= 0.6 is 0 Å². The van der Waals surface area contributed by atoms with Crippen LogP contribution in [0.4, 0.5) is 0 Å². The lowest BCUT2D eigenvalue weighted by Gasteiger charge is -2.20. The first-order chi connectivity index (χ1) is 8.71. The molecule has 0 saturated heterocycles. The second kappa shape index (κ2) is 7.75. The molecule has 0 fully saturated rings. The third kappa shape index (κ3) is 4.40. The van der Waals surface area contributed by atoms with E-state index in [9.17, 15) is 4.79 Å². The Morgan fingerprint density at radius 2 is 2.11 bits per heavy atom. The number of ether oxygens (including phenoxy) is 1. The lowest BCUT2D eigenvalue weighted by Crippen LogP contribution is -2.32. The Bertz CT molecular complexity index is 377. The fourth-order valence-corrected chi connectivity index (χ4v) is 1.88. The van der Waals surface area contributed by atoms with Crippen LogP contribution < -0.4 is 4.74 Å². The van der Waals surface area contributed by atoms with Gasteiger partial charge in [-0.05, 0) is 31.0 Å². The van der Waals surface area contributed by atoms with Gasteiger partial charge in [0, 0.05) is 13.1 Å². The van der Waals surface area contributed by atoms with Gasteiger partial charge in [-0.2, -0.15) is 0 Å². The van der Waals surface area contributed by atoms with Crippen molar-refractivity contribution in [1.82, 2.24) is 4.90 Å². The SMILES string of the molecule is CCCCN(CC)C(=O)Cc1cccc(OC)c1. The minimum Gasteiger partial charge on any atom is -0.497 e. The molecule has 100 valence electrons. The molecule has 1 aromatic carbocycles. The van der Waals surface area contributed by atoms with Crippen LogP contribution in [0.2, 0.25) is 0 Å². The summed E-state index contributed by atoms with van der Waals surface area (Å²) >= 11 is 0. The van der Waals surface area contributed by atoms with Crippen molar-refractivity contribution in [2.45, 2.75) is 33.1 Å². The quantitative estimate of drug-likeness (QED) is 0.743. The molecule has 0 bridgehead atoms. The Morgan fingerprint density at radius 1 is 1.33 bits per heavy atom. The van der Waals surface area contributed by atoms with E-state index in [0.29, 0.717) is 6.42 Å². The third-order valence-electron chi connectivity index (χ3n) is 3.01. The molecule has 0 aliphatic rings. The normalized spacial score (nSPS) is 10.2. The first-order valence-electron chi connectivity index (χ1n) is 6.62. The summed E-state index contributed by atoms with van der Waals surface area (Å²) in [4.78, 5) is 14.1. The smallest absolute Gasteiger partial charge is 0.226 e. The molecule has 0 aliphatic heterocycles. The number of benzene rings is 1. The molecule has 0 N–H and O–H groups in total. The van der Waals surface area contributed by atoms with E-state index in [1.165, 1.54) is 0 Å². The first kappa shape index (κ1) is 14.6. The molecule has 1 amide bonds. The molecular weight excluding hydrogens is 226 g/mol. The molecule has 18 heavy (non-hydrogen) atoms. The zero-order chi connectivity index (χ0) is 13.4. The topological polar surface area (TPSA) is 29.5 Å². The van der Waals surface area contributed by atoms with Gasteiger partial charge in [0.1, 0.15) is 5.75 Å². The second-order valence-corrected chi connectivity index (χ2v) is 4.36. The molecule has 0 heterocycles. The van der Waals surface area contributed by atoms with Crippen LogP contribution in [0, 0.1) is 0 Å². The van der Waals surface area contributed by atoms with Crippen molar-refractivity contribution in [2.24, 2.45) is 0 Å². The van der Waals surface area contributed by atoms with E-state index < -0.39 is 0 Å². The van der Waals surface area contributed by atoms with Gasteiger partial charge < -0.3 is 9.64 Å². The van der Waals surface area contributed by atoms with Crippen LogP contribution in [0.15, 0.2) is 24.3 Å². The van der Waals surface area contributed by atoms with Crippen LogP contribution in [0.25, 0.3) is 0 Å². The van der Waals surface area contributed by atoms with Crippen LogP contribution in [-0.2, 0) is 11.2 Å². The predicted octanol–water partition coefficient (Wildman–Crippen LogP) is 2.89. The first-order valence-corrected chi connectivity index (χ1v) is 6.62. The summed E-state index contributed by atoms with van der Waals surface area (Å²) in [5.41, 5.74) is 1.01. The van der Waals surface area contributed by atoms with E-state index in [2.05, 4.69) is 6.92 Å². The number of hydrogen-bond acceptors (Lipinski definition) is 2. The van der Waals surface area contributed by atoms with Gasteiger partial charge in [-0.1, -0.05) is 25.5 Å². The largest absolute Gasteiger partial charge is 0.497 e. The summed E-state index contributed by atoms with van der Waals surface area (Å²) in [7, 11) is 1.64. The highest BCUT2D eigenvalue weighted by Crippen LogP contribution is 2.13. The highest BCUT2D eigenvalue weighted by Gasteiger charge is 2.11. The summed E-state index contributed by atoms with van der Waals surface area (Å²) in [6.45, 7) is 5.80. The Kier molecular flexibility index (Phi) is 6.26. The van der Waals surface area contributed by atoms with Gasteiger partial charge in [0.2, 0.25) is 5.91 Å². The van der Waals surface area contributed by atoms with Crippen molar-refractivity contribution in [3.8, 4) is 5.75 Å². The molecule has 0 aromatic heterocycles. The maximum absolute atomic E-state index is 12.1. The van der Waals surface area contributed by atoms with Gasteiger partial charge in [0.05, 0.1) is 13.5 Å². The van der Waals surface area contributed by atoms with E-state index in [0.717, 1.165) is 37.2 Å². The highest BCUT2D eigenvalue weighted by atomic mass is 16.5. The Hall–Kier alpha value is -1.51. The van der Waals surface area contributed by atoms with E-state index in [4.69, 9.17) is 4.74 Å². The number of amides is 1. The average molecular weight is 249 g/mol. The van der Waals surface area contributed by atoms with Crippen LogP contribution in [0.3, 0.4) is 0 Å². The number of likely N-dealkylation sites (N-methyl/N-ethyl adjacent to an activating group) is 1. The molecule has 0 saturated carbocycles. The molecule has 3 heteroatoms. The molecular formula is C15H23NO2. The Labute approximate surface area is 110 Å². The van der Waals surface area contributed by atoms with Crippen LogP contribution in [-0.4, -0.2) is 31.0 Å². The third-order valence-corrected chi connectivity index (χ3v) is 3.01. The number of methoxy groups -OCH3 is 1. The predicted molar refractivity (Wildman–Crippen MR) is 73.9 cm³/mol. The fourth-order valence-electron chi connectivity index (χ4n) is 1.88. The monoisotopic (exact) mass is 249 g/mol. The summed E-state index contributed by atoms with van der Waals surface area (Å²) in [6, 6.07) is 7.70. The van der Waals surface area contributed by atoms with E-state index in [1.54, 1.807) is 7.11 Å². The molecule has 1 aromatic rings. The standard InChI is InChI=1S/C15H23NO2/c1-4-6-10-16(5-2)15(17)12-13-8-7-9-14(11-13)18-3/h7-9,11H,4-6,10,12H2,1-3H3. The van der Waals surface area contributed by atoms with Crippen molar-refractivity contribution in [3.05, 3.63) is 29.8 Å². The van der Waals surface area contributed by atoms with Gasteiger partial charge >= 0.3 is 0 Å². The van der Waals surface area contributed by atoms with Crippen LogP contribution in [0.1, 0.15) is 32.3 Å². The summed E-state index contributed by atoms with van der Waals surface area (Å²) < 4.78 is 5.16. The molecule has 0 atom stereocenters. The minimum absolute atomic E-state index is 0.194. The van der Waals surface area contributed by atoms with Gasteiger partial charge in [-0.25, -0.2) is 0 Å². The maximum Gasteiger partial charge on any atom is 0.226 e. The number of rotatable bonds is 7. The van der Waals surface area contributed by atoms with Crippen molar-refractivity contribution < 1.29 is 9.53 Å². The summed E-state index contributed by atoms with van der Waals surface area (Å²) in [5.74, 6) is 0.996. The van der Waals surface area contributed by atoms with Gasteiger partial charge in [0.25, 0.3) is 0 Å². The minimum atomic E-state index is 0.194. The molecule has 0 aliphatic carbocycles. The lowest BCUT2D eigenvalue weighted by molar-refractivity contribution is -0.130. The molecule has 1 rings (SSSR count). The number of carbonyl (C=O) groups excluding carboxylic acids is 1. The molecule has 0 unspecified atom stereocenters. The van der Waals surface area contributed by atoms with Gasteiger partial charge in [0.15, 0.2) is 0 Å². The highest BCUT2D eigenvalue weighted by molar-refractivity contribution is 5.78. The molecule has 0 radical (unpaired) electrons. The Balaban J connectivity index is 2.61. The maximum atomic E-state index is 12.1. The van der Waals surface area contributed by atoms with E-state index in [1.807, 2.05) is 36.1 Å². The lowest BCUT2D eigenvalue weighted by atomic mass is 10.1. The molecule has 0 spiro atoms. The number of unbranched alkanes of at least 4 members (excludes halogenated alkanes) is 1. The molecule has 3 nitrogen and oxygen atoms in total. The summed E-state index contributed by atoms with van der Waals surface area (Å²) in [5, 5.41) is 0. The zero-order valence-electron chi connectivity index (χ0n) is 11.6. The summed E-state index contributed by atoms with van der Waals surface area (Å²) in [6.07, 6.45) is 2.63. The van der Waals surface area contributed by atoms with Crippen molar-refractivity contribution in [3.63, 3.8) is 0 Å². The Morgan fingerprint density at radius 3 is 2.72 bits per heavy atom. The number of hydrogen-bond donors (Lipinski definition) is 0. The number of carbonyl (C=O) groups is 1. The van der Waals surface area contributed by atoms with Gasteiger partial charge in [-0.15, -0.1) is 0 Å². The van der Waals surface area contributed by atoms with Crippen LogP contribution in [0.5, 0.6) is 5.75 Å². The zero-order valence-corrected chi connectivity index (χ0v) is 11.6. The van der Waals surface area contributed by atoms with Gasteiger partial charge in [-0.3, -0.25) is 4.79 Å². The van der Waals surface area contributed by atoms with Crippen molar-refractivity contribution in [1.29, 1.82) is 0 Å².